The van der Waals surface area contributed by atoms with Crippen molar-refractivity contribution >= 4 is 39.6 Å². The zero-order valence-electron chi connectivity index (χ0n) is 11.5. The lowest BCUT2D eigenvalue weighted by Gasteiger charge is -2.09. The van der Waals surface area contributed by atoms with Crippen molar-refractivity contribution in [2.45, 2.75) is 6.54 Å². The van der Waals surface area contributed by atoms with Gasteiger partial charge in [0.05, 0.1) is 12.0 Å². The number of methoxy groups -OCH3 is 1. The molecule has 0 aliphatic rings. The summed E-state index contributed by atoms with van der Waals surface area (Å²) in [6.45, 7) is 0.345. The third kappa shape index (κ3) is 3.18. The van der Waals surface area contributed by atoms with Crippen molar-refractivity contribution in [3.8, 4) is 6.01 Å². The third-order valence-corrected chi connectivity index (χ3v) is 3.65. The molecular formula is C12H14IN3O5. The van der Waals surface area contributed by atoms with Crippen molar-refractivity contribution in [2.24, 2.45) is 7.05 Å². The normalized spacial score (nSPS) is 11.0. The fourth-order valence-electron chi connectivity index (χ4n) is 1.86. The minimum absolute atomic E-state index is 0.130. The van der Waals surface area contributed by atoms with Gasteiger partial charge in [0.25, 0.3) is 5.56 Å². The molecule has 0 spiro atoms. The number of rotatable bonds is 6. The van der Waals surface area contributed by atoms with E-state index < -0.39 is 5.97 Å². The second-order valence-corrected chi connectivity index (χ2v) is 5.46. The molecule has 9 heteroatoms. The first-order valence-electron chi connectivity index (χ1n) is 6.04. The number of carboxylic acids is 1. The molecule has 0 saturated carbocycles. The Kier molecular flexibility index (Phi) is 4.83. The van der Waals surface area contributed by atoms with Gasteiger partial charge in [-0.2, -0.15) is 4.98 Å². The number of ether oxygens (including phenoxy) is 2. The largest absolute Gasteiger partial charge is 0.480 e. The maximum Gasteiger partial charge on any atom is 0.323 e. The predicted octanol–water partition coefficient (Wildman–Crippen LogP) is 0.449. The van der Waals surface area contributed by atoms with Gasteiger partial charge in [0.2, 0.25) is 0 Å². The van der Waals surface area contributed by atoms with E-state index in [2.05, 4.69) is 4.98 Å². The van der Waals surface area contributed by atoms with Crippen LogP contribution in [0.5, 0.6) is 6.01 Å². The Bertz CT molecular complexity index is 737. The van der Waals surface area contributed by atoms with Gasteiger partial charge in [0.1, 0.15) is 13.2 Å². The molecule has 1 N–H and O–H groups in total. The Balaban J connectivity index is 2.55. The summed E-state index contributed by atoms with van der Waals surface area (Å²) in [5.74, 6) is -1.01. The number of carboxylic acid groups (broad SMARTS) is 1. The molecule has 0 saturated heterocycles. The van der Waals surface area contributed by atoms with Crippen LogP contribution in [-0.4, -0.2) is 45.5 Å². The maximum absolute atomic E-state index is 12.3. The first-order valence-corrected chi connectivity index (χ1v) is 7.12. The maximum atomic E-state index is 12.3. The van der Waals surface area contributed by atoms with Gasteiger partial charge in [-0.1, -0.05) is 0 Å². The molecule has 0 radical (unpaired) electrons. The zero-order valence-corrected chi connectivity index (χ0v) is 13.7. The summed E-state index contributed by atoms with van der Waals surface area (Å²) in [4.78, 5) is 27.5. The van der Waals surface area contributed by atoms with E-state index in [0.717, 1.165) is 0 Å². The summed E-state index contributed by atoms with van der Waals surface area (Å²) < 4.78 is 13.6. The summed E-state index contributed by atoms with van der Waals surface area (Å²) in [6.07, 6.45) is 1.59. The van der Waals surface area contributed by atoms with Crippen molar-refractivity contribution < 1.29 is 19.4 Å². The average Bonchev–Trinajstić information content (AvgIpc) is 2.71. The van der Waals surface area contributed by atoms with Crippen LogP contribution >= 0.6 is 22.6 Å². The van der Waals surface area contributed by atoms with Gasteiger partial charge in [-0.05, 0) is 22.6 Å². The van der Waals surface area contributed by atoms with Crippen molar-refractivity contribution in [3.63, 3.8) is 0 Å². The van der Waals surface area contributed by atoms with E-state index in [0.29, 0.717) is 21.2 Å². The first kappa shape index (κ1) is 15.8. The molecule has 0 amide bonds. The fraction of sp³-hybridized carbons (Fsp3) is 0.417. The van der Waals surface area contributed by atoms with Crippen LogP contribution in [0.4, 0.5) is 0 Å². The average molecular weight is 407 g/mol. The Morgan fingerprint density at radius 3 is 2.81 bits per heavy atom. The van der Waals surface area contributed by atoms with Crippen LogP contribution in [0.1, 0.15) is 0 Å². The van der Waals surface area contributed by atoms with Gasteiger partial charge in [0.15, 0.2) is 5.65 Å². The Morgan fingerprint density at radius 1 is 1.48 bits per heavy atom. The highest BCUT2D eigenvalue weighted by Gasteiger charge is 2.17. The van der Waals surface area contributed by atoms with Crippen LogP contribution in [0.15, 0.2) is 11.0 Å². The lowest BCUT2D eigenvalue weighted by Crippen LogP contribution is -2.22. The summed E-state index contributed by atoms with van der Waals surface area (Å²) in [6, 6.07) is 0.130. The lowest BCUT2D eigenvalue weighted by atomic mass is 10.4. The number of fused-ring (bicyclic) bond motifs is 1. The van der Waals surface area contributed by atoms with Crippen LogP contribution in [0.2, 0.25) is 0 Å². The summed E-state index contributed by atoms with van der Waals surface area (Å²) >= 11 is 1.99. The van der Waals surface area contributed by atoms with E-state index in [4.69, 9.17) is 14.6 Å². The van der Waals surface area contributed by atoms with Gasteiger partial charge in [-0.15, -0.1) is 0 Å². The molecule has 0 atom stereocenters. The van der Waals surface area contributed by atoms with Crippen molar-refractivity contribution in [1.29, 1.82) is 0 Å². The molecule has 21 heavy (non-hydrogen) atoms. The van der Waals surface area contributed by atoms with Crippen molar-refractivity contribution in [1.82, 2.24) is 14.1 Å². The monoisotopic (exact) mass is 407 g/mol. The Hall–Kier alpha value is -1.62. The number of halogens is 1. The quantitative estimate of drug-likeness (QED) is 0.552. The third-order valence-electron chi connectivity index (χ3n) is 2.83. The molecule has 2 rings (SSSR count). The van der Waals surface area contributed by atoms with Gasteiger partial charge in [-0.25, -0.2) is 0 Å². The molecule has 0 aliphatic carbocycles. The van der Waals surface area contributed by atoms with E-state index in [1.165, 1.54) is 9.13 Å². The van der Waals surface area contributed by atoms with Gasteiger partial charge < -0.3 is 19.1 Å². The number of aromatic nitrogens is 3. The molecule has 2 heterocycles. The molecule has 0 aromatic carbocycles. The molecule has 2 aromatic rings. The van der Waals surface area contributed by atoms with E-state index in [9.17, 15) is 9.59 Å². The highest BCUT2D eigenvalue weighted by molar-refractivity contribution is 14.1. The zero-order chi connectivity index (χ0) is 15.6. The van der Waals surface area contributed by atoms with Crippen LogP contribution in [0.25, 0.3) is 11.0 Å². The topological polar surface area (TPSA) is 95.6 Å². The molecule has 114 valence electrons. The highest BCUT2D eigenvalue weighted by atomic mass is 127. The van der Waals surface area contributed by atoms with Gasteiger partial charge in [-0.3, -0.25) is 14.2 Å². The standard InChI is InChI=1S/C12H14IN3O5/c1-15-11(19)9-7(13)5-16(6-8(17)18)10(9)14-12(15)21-4-3-20-2/h5H,3-4,6H2,1-2H3,(H,17,18). The number of nitrogens with zero attached hydrogens (tertiary/aromatic N) is 3. The number of hydrogen-bond donors (Lipinski definition) is 1. The number of aliphatic carboxylic acids is 1. The van der Waals surface area contributed by atoms with Gasteiger partial charge in [0, 0.05) is 23.9 Å². The molecule has 0 unspecified atom stereocenters. The molecule has 2 aromatic heterocycles. The van der Waals surface area contributed by atoms with Crippen LogP contribution < -0.4 is 10.3 Å². The molecule has 0 aliphatic heterocycles. The second-order valence-electron chi connectivity index (χ2n) is 4.30. The predicted molar refractivity (Wildman–Crippen MR) is 82.7 cm³/mol. The van der Waals surface area contributed by atoms with Crippen molar-refractivity contribution in [2.75, 3.05) is 20.3 Å². The molecule has 0 bridgehead atoms. The van der Waals surface area contributed by atoms with Crippen LogP contribution in [0, 0.1) is 3.57 Å². The fourth-order valence-corrected chi connectivity index (χ4v) is 2.67. The van der Waals surface area contributed by atoms with E-state index in [-0.39, 0.29) is 24.7 Å². The lowest BCUT2D eigenvalue weighted by molar-refractivity contribution is -0.137. The summed E-state index contributed by atoms with van der Waals surface area (Å²) in [5, 5.41) is 9.31. The summed E-state index contributed by atoms with van der Waals surface area (Å²) in [5.41, 5.74) is 0.0262. The summed E-state index contributed by atoms with van der Waals surface area (Å²) in [7, 11) is 3.10. The van der Waals surface area contributed by atoms with Crippen molar-refractivity contribution in [3.05, 3.63) is 20.1 Å². The molecular weight excluding hydrogens is 393 g/mol. The Morgan fingerprint density at radius 2 is 2.19 bits per heavy atom. The van der Waals surface area contributed by atoms with Gasteiger partial charge >= 0.3 is 12.0 Å². The molecule has 8 nitrogen and oxygen atoms in total. The number of carbonyl (C=O) groups is 1. The van der Waals surface area contributed by atoms with Crippen LogP contribution in [-0.2, 0) is 23.1 Å². The first-order chi connectivity index (χ1) is 9.95. The Labute approximate surface area is 133 Å². The minimum atomic E-state index is -1.01. The van der Waals surface area contributed by atoms with E-state index in [1.54, 1.807) is 20.4 Å². The van der Waals surface area contributed by atoms with Crippen LogP contribution in [0.3, 0.4) is 0 Å². The second kappa shape index (κ2) is 6.43. The number of hydrogen-bond acceptors (Lipinski definition) is 5. The van der Waals surface area contributed by atoms with E-state index >= 15 is 0 Å². The minimum Gasteiger partial charge on any atom is -0.480 e. The highest BCUT2D eigenvalue weighted by Crippen LogP contribution is 2.20. The molecule has 0 fully saturated rings. The van der Waals surface area contributed by atoms with E-state index in [1.807, 2.05) is 22.6 Å². The SMILES string of the molecule is COCCOc1nc2c(c(I)cn2CC(=O)O)c(=O)n1C. The smallest absolute Gasteiger partial charge is 0.323 e.